The van der Waals surface area contributed by atoms with Gasteiger partial charge in [-0.15, -0.1) is 0 Å². The van der Waals surface area contributed by atoms with Gasteiger partial charge in [0.15, 0.2) is 0 Å². The van der Waals surface area contributed by atoms with Crippen LogP contribution in [0, 0.1) is 0 Å². The van der Waals surface area contributed by atoms with Crippen molar-refractivity contribution in [3.05, 3.63) is 12.7 Å². The summed E-state index contributed by atoms with van der Waals surface area (Å²) in [5.74, 6) is -0.990. The Morgan fingerprint density at radius 2 is 1.54 bits per heavy atom. The molecule has 1 unspecified atom stereocenters. The second kappa shape index (κ2) is 11.5. The van der Waals surface area contributed by atoms with Crippen LogP contribution in [0.4, 0.5) is 4.79 Å². The van der Waals surface area contributed by atoms with E-state index in [9.17, 15) is 19.2 Å². The molecule has 8 nitrogen and oxygen atoms in total. The first-order chi connectivity index (χ1) is 12.7. The van der Waals surface area contributed by atoms with Gasteiger partial charge in [-0.25, -0.2) is 9.59 Å². The molecule has 0 aliphatic carbocycles. The van der Waals surface area contributed by atoms with Crippen LogP contribution in [0.1, 0.15) is 67.2 Å². The molecule has 0 radical (unpaired) electrons. The van der Waals surface area contributed by atoms with Crippen molar-refractivity contribution in [2.24, 2.45) is 0 Å². The van der Waals surface area contributed by atoms with Crippen LogP contribution in [0.2, 0.25) is 0 Å². The summed E-state index contributed by atoms with van der Waals surface area (Å²) < 4.78 is 10.5. The number of esters is 1. The maximum Gasteiger partial charge on any atom is 0.408 e. The van der Waals surface area contributed by atoms with E-state index in [1.807, 2.05) is 0 Å². The minimum atomic E-state index is -0.988. The van der Waals surface area contributed by atoms with Gasteiger partial charge in [-0.1, -0.05) is 6.58 Å². The predicted molar refractivity (Wildman–Crippen MR) is 106 cm³/mol. The Hall–Kier alpha value is -2.38. The number of hydrogen-bond donors (Lipinski definition) is 2. The van der Waals surface area contributed by atoms with Crippen LogP contribution in [0.5, 0.6) is 0 Å². The number of hydrogen-bond acceptors (Lipinski definition) is 6. The molecular weight excluding hydrogens is 364 g/mol. The van der Waals surface area contributed by atoms with Crippen molar-refractivity contribution in [1.82, 2.24) is 10.6 Å². The molecule has 0 heterocycles. The highest BCUT2D eigenvalue weighted by Gasteiger charge is 2.29. The summed E-state index contributed by atoms with van der Waals surface area (Å²) in [6.07, 6.45) is 1.35. The zero-order valence-corrected chi connectivity index (χ0v) is 17.8. The molecule has 2 amide bonds. The first kappa shape index (κ1) is 25.6. The molecule has 0 saturated heterocycles. The number of ether oxygens (including phenoxy) is 2. The minimum Gasteiger partial charge on any atom is -0.458 e. The van der Waals surface area contributed by atoms with E-state index in [1.54, 1.807) is 41.5 Å². The fourth-order valence-electron chi connectivity index (χ4n) is 2.07. The lowest BCUT2D eigenvalue weighted by atomic mass is 10.1. The Balaban J connectivity index is 4.68. The lowest BCUT2D eigenvalue weighted by Crippen LogP contribution is -2.46. The molecule has 0 aliphatic heterocycles. The fourth-order valence-corrected chi connectivity index (χ4v) is 2.07. The Morgan fingerprint density at radius 3 is 2.04 bits per heavy atom. The third kappa shape index (κ3) is 13.8. The zero-order valence-electron chi connectivity index (χ0n) is 17.8. The van der Waals surface area contributed by atoms with Gasteiger partial charge in [-0.05, 0) is 60.5 Å². The van der Waals surface area contributed by atoms with Gasteiger partial charge < -0.3 is 20.1 Å². The Morgan fingerprint density at radius 1 is 0.964 bits per heavy atom. The molecular formula is C20H34N2O6. The summed E-state index contributed by atoms with van der Waals surface area (Å²) >= 11 is 0. The highest BCUT2D eigenvalue weighted by molar-refractivity contribution is 5.87. The lowest BCUT2D eigenvalue weighted by molar-refractivity contribution is -0.157. The molecule has 1 atom stereocenters. The van der Waals surface area contributed by atoms with Crippen molar-refractivity contribution in [3.63, 3.8) is 0 Å². The standard InChI is InChI=1S/C20H34N2O6/c1-8-16(24)21-13-9-10-14(23)11-12-15(17(25)27-19(2,3)4)22-18(26)28-20(5,6)7/h8,15H,1,9-13H2,2-7H3,(H,21,24)(H,22,26). The van der Waals surface area contributed by atoms with Crippen LogP contribution >= 0.6 is 0 Å². The molecule has 0 aliphatic rings. The van der Waals surface area contributed by atoms with Crippen molar-refractivity contribution < 1.29 is 28.7 Å². The smallest absolute Gasteiger partial charge is 0.408 e. The molecule has 0 aromatic rings. The van der Waals surface area contributed by atoms with Crippen LogP contribution in [-0.4, -0.2) is 47.5 Å². The number of amides is 2. The quantitative estimate of drug-likeness (QED) is 0.332. The van der Waals surface area contributed by atoms with E-state index in [1.165, 1.54) is 0 Å². The zero-order chi connectivity index (χ0) is 22.0. The number of rotatable bonds is 10. The molecule has 0 rings (SSSR count). The molecule has 0 aromatic heterocycles. The van der Waals surface area contributed by atoms with E-state index >= 15 is 0 Å². The van der Waals surface area contributed by atoms with Gasteiger partial charge in [0.2, 0.25) is 5.91 Å². The molecule has 28 heavy (non-hydrogen) atoms. The molecule has 2 N–H and O–H groups in total. The maximum absolute atomic E-state index is 12.4. The molecule has 0 bridgehead atoms. The Bertz CT molecular complexity index is 572. The van der Waals surface area contributed by atoms with Gasteiger partial charge in [-0.2, -0.15) is 0 Å². The largest absolute Gasteiger partial charge is 0.458 e. The van der Waals surface area contributed by atoms with Crippen LogP contribution in [-0.2, 0) is 23.9 Å². The molecule has 0 fully saturated rings. The van der Waals surface area contributed by atoms with Crippen LogP contribution in [0.3, 0.4) is 0 Å². The molecule has 0 saturated carbocycles. The molecule has 8 heteroatoms. The molecule has 160 valence electrons. The average molecular weight is 399 g/mol. The number of ketones is 1. The Labute approximate surface area is 167 Å². The maximum atomic E-state index is 12.4. The average Bonchev–Trinajstić information content (AvgIpc) is 2.51. The van der Waals surface area contributed by atoms with E-state index in [4.69, 9.17) is 9.47 Å². The van der Waals surface area contributed by atoms with Crippen molar-refractivity contribution in [3.8, 4) is 0 Å². The number of alkyl carbamates (subject to hydrolysis) is 1. The number of nitrogens with one attached hydrogen (secondary N) is 2. The number of Topliss-reactive ketones (excluding diaryl/α,β-unsaturated/α-hetero) is 1. The first-order valence-electron chi connectivity index (χ1n) is 9.38. The predicted octanol–water partition coefficient (Wildman–Crippen LogP) is 2.65. The summed E-state index contributed by atoms with van der Waals surface area (Å²) in [6, 6.07) is -0.988. The van der Waals surface area contributed by atoms with E-state index in [2.05, 4.69) is 17.2 Å². The number of carbonyl (C=O) groups excluding carboxylic acids is 4. The summed E-state index contributed by atoms with van der Waals surface area (Å²) in [7, 11) is 0. The SMILES string of the molecule is C=CC(=O)NCCCC(=O)CCC(NC(=O)OC(C)(C)C)C(=O)OC(C)(C)C. The lowest BCUT2D eigenvalue weighted by Gasteiger charge is -2.26. The summed E-state index contributed by atoms with van der Waals surface area (Å²) in [4.78, 5) is 47.5. The highest BCUT2D eigenvalue weighted by atomic mass is 16.6. The van der Waals surface area contributed by atoms with Crippen molar-refractivity contribution in [2.45, 2.75) is 84.5 Å². The third-order valence-corrected chi connectivity index (χ3v) is 3.21. The Kier molecular flexibility index (Phi) is 10.5. The summed E-state index contributed by atoms with van der Waals surface area (Å²) in [5, 5.41) is 5.07. The topological polar surface area (TPSA) is 111 Å². The second-order valence-electron chi connectivity index (χ2n) is 8.41. The third-order valence-electron chi connectivity index (χ3n) is 3.21. The normalized spacial score (nSPS) is 12.5. The van der Waals surface area contributed by atoms with Gasteiger partial charge in [0.05, 0.1) is 0 Å². The van der Waals surface area contributed by atoms with Crippen LogP contribution in [0.15, 0.2) is 12.7 Å². The van der Waals surface area contributed by atoms with Gasteiger partial charge in [0.1, 0.15) is 23.0 Å². The van der Waals surface area contributed by atoms with Crippen molar-refractivity contribution in [2.75, 3.05) is 6.54 Å². The van der Waals surface area contributed by atoms with Crippen molar-refractivity contribution in [1.29, 1.82) is 0 Å². The first-order valence-corrected chi connectivity index (χ1v) is 9.38. The second-order valence-corrected chi connectivity index (χ2v) is 8.41. The van der Waals surface area contributed by atoms with E-state index in [0.717, 1.165) is 6.08 Å². The van der Waals surface area contributed by atoms with E-state index in [-0.39, 0.29) is 31.0 Å². The molecule has 0 aromatic carbocycles. The van der Waals surface area contributed by atoms with Gasteiger partial charge in [0, 0.05) is 19.4 Å². The van der Waals surface area contributed by atoms with Gasteiger partial charge in [0.25, 0.3) is 0 Å². The van der Waals surface area contributed by atoms with E-state index < -0.39 is 29.3 Å². The van der Waals surface area contributed by atoms with Gasteiger partial charge in [-0.3, -0.25) is 9.59 Å². The van der Waals surface area contributed by atoms with E-state index in [0.29, 0.717) is 13.0 Å². The fraction of sp³-hybridized carbons (Fsp3) is 0.700. The summed E-state index contributed by atoms with van der Waals surface area (Å²) in [5.41, 5.74) is -1.44. The monoisotopic (exact) mass is 398 g/mol. The minimum absolute atomic E-state index is 0.0765. The van der Waals surface area contributed by atoms with Crippen molar-refractivity contribution >= 4 is 23.8 Å². The highest BCUT2D eigenvalue weighted by Crippen LogP contribution is 2.13. The van der Waals surface area contributed by atoms with Gasteiger partial charge >= 0.3 is 12.1 Å². The van der Waals surface area contributed by atoms with Crippen LogP contribution in [0.25, 0.3) is 0 Å². The summed E-state index contributed by atoms with van der Waals surface area (Å²) in [6.45, 7) is 14.0. The number of carbonyl (C=O) groups is 4. The van der Waals surface area contributed by atoms with Crippen LogP contribution < -0.4 is 10.6 Å². The molecule has 0 spiro atoms.